The molecule has 0 bridgehead atoms. The number of nitrogen functional groups attached to an aromatic ring is 1. The molecule has 2 aromatic rings. The van der Waals surface area contributed by atoms with Crippen molar-refractivity contribution in [3.8, 4) is 0 Å². The van der Waals surface area contributed by atoms with Gasteiger partial charge in [0.1, 0.15) is 0 Å². The lowest BCUT2D eigenvalue weighted by atomic mass is 10.0. The van der Waals surface area contributed by atoms with Crippen molar-refractivity contribution in [3.63, 3.8) is 0 Å². The van der Waals surface area contributed by atoms with E-state index in [1.54, 1.807) is 11.8 Å². The summed E-state index contributed by atoms with van der Waals surface area (Å²) in [5, 5.41) is 8.77. The van der Waals surface area contributed by atoms with Crippen molar-refractivity contribution in [3.05, 3.63) is 34.4 Å². The summed E-state index contributed by atoms with van der Waals surface area (Å²) in [4.78, 5) is 0. The van der Waals surface area contributed by atoms with Crippen molar-refractivity contribution in [1.82, 2.24) is 14.8 Å². The number of rotatable bonds is 3. The topological polar surface area (TPSA) is 56.7 Å². The molecule has 0 saturated heterocycles. The van der Waals surface area contributed by atoms with Crippen LogP contribution in [0.2, 0.25) is 0 Å². The Hall–Kier alpha value is -1.49. The van der Waals surface area contributed by atoms with Gasteiger partial charge in [0.25, 0.3) is 0 Å². The average molecular weight is 262 g/mol. The lowest BCUT2D eigenvalue weighted by Crippen LogP contribution is -1.99. The fraction of sp³-hybridized carbons (Fsp3) is 0.385. The number of benzene rings is 1. The molecule has 1 heterocycles. The average Bonchev–Trinajstić information content (AvgIpc) is 2.59. The van der Waals surface area contributed by atoms with E-state index >= 15 is 0 Å². The lowest BCUT2D eigenvalue weighted by Gasteiger charge is -2.10. The van der Waals surface area contributed by atoms with Gasteiger partial charge in [-0.3, -0.25) is 4.57 Å². The number of nitrogens with two attached hydrogens (primary N) is 1. The largest absolute Gasteiger partial charge is 0.368 e. The first-order chi connectivity index (χ1) is 8.49. The molecule has 0 atom stereocenters. The van der Waals surface area contributed by atoms with Crippen LogP contribution in [0.1, 0.15) is 22.3 Å². The first-order valence-electron chi connectivity index (χ1n) is 5.83. The minimum Gasteiger partial charge on any atom is -0.368 e. The number of aromatic nitrogens is 3. The maximum Gasteiger partial charge on any atom is 0.222 e. The summed E-state index contributed by atoms with van der Waals surface area (Å²) >= 11 is 1.66. The van der Waals surface area contributed by atoms with Gasteiger partial charge in [-0.05, 0) is 37.5 Å². The molecule has 4 nitrogen and oxygen atoms in total. The van der Waals surface area contributed by atoms with Crippen LogP contribution >= 0.6 is 11.8 Å². The van der Waals surface area contributed by atoms with Gasteiger partial charge in [0.2, 0.25) is 5.95 Å². The van der Waals surface area contributed by atoms with Gasteiger partial charge in [-0.1, -0.05) is 29.5 Å². The van der Waals surface area contributed by atoms with Crippen molar-refractivity contribution >= 4 is 17.7 Å². The first-order valence-corrected chi connectivity index (χ1v) is 6.82. The molecule has 18 heavy (non-hydrogen) atoms. The summed E-state index contributed by atoms with van der Waals surface area (Å²) in [6, 6.07) is 4.43. The molecule has 5 heteroatoms. The Labute approximate surface area is 112 Å². The fourth-order valence-corrected chi connectivity index (χ4v) is 3.14. The van der Waals surface area contributed by atoms with Crippen LogP contribution in [-0.2, 0) is 12.8 Å². The van der Waals surface area contributed by atoms with Gasteiger partial charge in [0.05, 0.1) is 0 Å². The third-order valence-corrected chi connectivity index (χ3v) is 4.10. The number of hydrogen-bond donors (Lipinski definition) is 1. The van der Waals surface area contributed by atoms with Crippen molar-refractivity contribution in [2.75, 3.05) is 5.73 Å². The molecule has 0 aliphatic rings. The lowest BCUT2D eigenvalue weighted by molar-refractivity contribution is 0.795. The van der Waals surface area contributed by atoms with E-state index in [1.807, 2.05) is 11.6 Å². The molecule has 1 aromatic carbocycles. The summed E-state index contributed by atoms with van der Waals surface area (Å²) in [5.41, 5.74) is 11.0. The Balaban J connectivity index is 2.18. The van der Waals surface area contributed by atoms with Crippen molar-refractivity contribution in [1.29, 1.82) is 0 Å². The molecule has 1 aromatic heterocycles. The van der Waals surface area contributed by atoms with Gasteiger partial charge in [-0.25, -0.2) is 0 Å². The second kappa shape index (κ2) is 5.02. The zero-order valence-corrected chi connectivity index (χ0v) is 12.0. The van der Waals surface area contributed by atoms with Crippen LogP contribution in [0.4, 0.5) is 5.95 Å². The number of hydrogen-bond acceptors (Lipinski definition) is 4. The summed E-state index contributed by atoms with van der Waals surface area (Å²) in [6.07, 6.45) is 0. The standard InChI is InChI=1S/C13H18N4S/c1-8-5-9(2)11(10(3)6-8)7-18-13-16-15-12(14)17(13)4/h5-6H,7H2,1-4H3,(H2,14,15). The highest BCUT2D eigenvalue weighted by atomic mass is 32.2. The Morgan fingerprint density at radius 1 is 1.17 bits per heavy atom. The van der Waals surface area contributed by atoms with Crippen LogP contribution in [0.25, 0.3) is 0 Å². The molecule has 0 radical (unpaired) electrons. The van der Waals surface area contributed by atoms with Crippen LogP contribution in [0, 0.1) is 20.8 Å². The molecule has 0 fully saturated rings. The number of anilines is 1. The van der Waals surface area contributed by atoms with Crippen LogP contribution in [0.5, 0.6) is 0 Å². The van der Waals surface area contributed by atoms with E-state index in [0.29, 0.717) is 5.95 Å². The molecule has 96 valence electrons. The Morgan fingerprint density at radius 2 is 1.78 bits per heavy atom. The molecule has 0 spiro atoms. The summed E-state index contributed by atoms with van der Waals surface area (Å²) < 4.78 is 1.81. The van der Waals surface area contributed by atoms with E-state index in [4.69, 9.17) is 5.73 Å². The predicted octanol–water partition coefficient (Wildman–Crippen LogP) is 2.61. The summed E-state index contributed by atoms with van der Waals surface area (Å²) in [7, 11) is 1.88. The Kier molecular flexibility index (Phi) is 3.61. The van der Waals surface area contributed by atoms with Gasteiger partial charge in [0.15, 0.2) is 5.16 Å². The first kappa shape index (κ1) is 13.0. The third kappa shape index (κ3) is 2.51. The third-order valence-electron chi connectivity index (χ3n) is 3.05. The molecular formula is C13H18N4S. The Morgan fingerprint density at radius 3 is 2.28 bits per heavy atom. The predicted molar refractivity (Wildman–Crippen MR) is 75.6 cm³/mol. The molecule has 2 N–H and O–H groups in total. The fourth-order valence-electron chi connectivity index (χ4n) is 2.03. The normalized spacial score (nSPS) is 10.9. The number of thioether (sulfide) groups is 1. The van der Waals surface area contributed by atoms with E-state index in [9.17, 15) is 0 Å². The highest BCUT2D eigenvalue weighted by Gasteiger charge is 2.09. The minimum absolute atomic E-state index is 0.454. The van der Waals surface area contributed by atoms with E-state index < -0.39 is 0 Å². The molecular weight excluding hydrogens is 244 g/mol. The van der Waals surface area contributed by atoms with Crippen molar-refractivity contribution in [2.45, 2.75) is 31.7 Å². The van der Waals surface area contributed by atoms with Gasteiger partial charge in [-0.2, -0.15) is 0 Å². The molecule has 0 aliphatic carbocycles. The quantitative estimate of drug-likeness (QED) is 0.864. The van der Waals surface area contributed by atoms with E-state index in [-0.39, 0.29) is 0 Å². The number of aryl methyl sites for hydroxylation is 3. The van der Waals surface area contributed by atoms with Gasteiger partial charge < -0.3 is 5.73 Å². The van der Waals surface area contributed by atoms with Crippen molar-refractivity contribution in [2.24, 2.45) is 7.05 Å². The molecule has 0 unspecified atom stereocenters. The smallest absolute Gasteiger partial charge is 0.222 e. The maximum absolute atomic E-state index is 5.67. The van der Waals surface area contributed by atoms with Crippen LogP contribution in [-0.4, -0.2) is 14.8 Å². The SMILES string of the molecule is Cc1cc(C)c(CSc2nnc(N)n2C)c(C)c1. The second-order valence-electron chi connectivity index (χ2n) is 4.57. The van der Waals surface area contributed by atoms with Crippen LogP contribution in [0.15, 0.2) is 17.3 Å². The molecule has 0 saturated carbocycles. The maximum atomic E-state index is 5.67. The number of nitrogens with zero attached hydrogens (tertiary/aromatic N) is 3. The Bertz CT molecular complexity index is 551. The van der Waals surface area contributed by atoms with Crippen molar-refractivity contribution < 1.29 is 0 Å². The zero-order valence-electron chi connectivity index (χ0n) is 11.2. The van der Waals surface area contributed by atoms with Crippen LogP contribution in [0.3, 0.4) is 0 Å². The highest BCUT2D eigenvalue weighted by molar-refractivity contribution is 7.98. The van der Waals surface area contributed by atoms with Crippen LogP contribution < -0.4 is 5.73 Å². The molecule has 0 aliphatic heterocycles. The van der Waals surface area contributed by atoms with E-state index in [0.717, 1.165) is 10.9 Å². The van der Waals surface area contributed by atoms with Gasteiger partial charge in [0, 0.05) is 12.8 Å². The summed E-state index contributed by atoms with van der Waals surface area (Å²) in [5.74, 6) is 1.35. The molecule has 2 rings (SSSR count). The second-order valence-corrected chi connectivity index (χ2v) is 5.51. The van der Waals surface area contributed by atoms with Gasteiger partial charge >= 0.3 is 0 Å². The van der Waals surface area contributed by atoms with Gasteiger partial charge in [-0.15, -0.1) is 10.2 Å². The van der Waals surface area contributed by atoms with E-state index in [1.165, 1.54) is 22.3 Å². The summed E-state index contributed by atoms with van der Waals surface area (Å²) in [6.45, 7) is 6.43. The molecule has 0 amide bonds. The highest BCUT2D eigenvalue weighted by Crippen LogP contribution is 2.26. The van der Waals surface area contributed by atoms with E-state index in [2.05, 4.69) is 43.1 Å². The minimum atomic E-state index is 0.454. The zero-order chi connectivity index (χ0) is 13.3. The monoisotopic (exact) mass is 262 g/mol.